The van der Waals surface area contributed by atoms with Crippen molar-refractivity contribution in [2.75, 3.05) is 6.61 Å². The average Bonchev–Trinajstić information content (AvgIpc) is 2.98. The molecule has 0 bridgehead atoms. The van der Waals surface area contributed by atoms with Gasteiger partial charge in [-0.15, -0.1) is 0 Å². The maximum atomic E-state index is 12.4. The molecule has 0 aliphatic carbocycles. The highest BCUT2D eigenvalue weighted by Gasteiger charge is 2.22. The van der Waals surface area contributed by atoms with Gasteiger partial charge in [0, 0.05) is 19.5 Å². The third kappa shape index (κ3) is 3.14. The molecule has 0 aromatic heterocycles. The van der Waals surface area contributed by atoms with Crippen LogP contribution in [0.3, 0.4) is 0 Å². The number of nitrogens with zero attached hydrogens (tertiary/aromatic N) is 1. The summed E-state index contributed by atoms with van der Waals surface area (Å²) in [5.41, 5.74) is 3.64. The maximum Gasteiger partial charge on any atom is 0.223 e. The highest BCUT2D eigenvalue weighted by molar-refractivity contribution is 5.77. The van der Waals surface area contributed by atoms with Crippen molar-refractivity contribution in [2.24, 2.45) is 0 Å². The van der Waals surface area contributed by atoms with Crippen LogP contribution in [0.15, 0.2) is 48.5 Å². The predicted molar refractivity (Wildman–Crippen MR) is 86.6 cm³/mol. The van der Waals surface area contributed by atoms with Gasteiger partial charge in [0.25, 0.3) is 0 Å². The van der Waals surface area contributed by atoms with Gasteiger partial charge in [-0.25, -0.2) is 0 Å². The smallest absolute Gasteiger partial charge is 0.223 e. The number of rotatable bonds is 5. The normalized spacial score (nSPS) is 13.0. The van der Waals surface area contributed by atoms with Gasteiger partial charge in [0.2, 0.25) is 5.91 Å². The van der Waals surface area contributed by atoms with Crippen LogP contribution in [-0.2, 0) is 24.3 Å². The summed E-state index contributed by atoms with van der Waals surface area (Å²) in [6, 6.07) is 16.2. The van der Waals surface area contributed by atoms with Crippen LogP contribution < -0.4 is 4.74 Å². The van der Waals surface area contributed by atoms with Crippen LogP contribution >= 0.6 is 0 Å². The first-order chi connectivity index (χ1) is 10.8. The van der Waals surface area contributed by atoms with Crippen LogP contribution in [0.2, 0.25) is 0 Å². The van der Waals surface area contributed by atoms with Gasteiger partial charge >= 0.3 is 0 Å². The number of fused-ring (bicyclic) bond motifs is 1. The zero-order chi connectivity index (χ0) is 15.4. The molecular formula is C19H21NO2. The summed E-state index contributed by atoms with van der Waals surface area (Å²) in [5.74, 6) is 1.10. The molecule has 1 aliphatic rings. The monoisotopic (exact) mass is 295 g/mol. The predicted octanol–water partition coefficient (Wildman–Crippen LogP) is 3.56. The summed E-state index contributed by atoms with van der Waals surface area (Å²) in [7, 11) is 0. The van der Waals surface area contributed by atoms with Crippen molar-refractivity contribution in [1.29, 1.82) is 0 Å². The number of amides is 1. The summed E-state index contributed by atoms with van der Waals surface area (Å²) in [4.78, 5) is 14.4. The summed E-state index contributed by atoms with van der Waals surface area (Å²) in [6.07, 6.45) is 1.25. The molecule has 3 nitrogen and oxygen atoms in total. The molecule has 1 heterocycles. The van der Waals surface area contributed by atoms with Crippen LogP contribution in [0.25, 0.3) is 0 Å². The van der Waals surface area contributed by atoms with Crippen molar-refractivity contribution in [3.8, 4) is 5.75 Å². The molecule has 3 heteroatoms. The topological polar surface area (TPSA) is 29.5 Å². The fraction of sp³-hybridized carbons (Fsp3) is 0.316. The highest BCUT2D eigenvalue weighted by Crippen LogP contribution is 2.24. The van der Waals surface area contributed by atoms with E-state index in [1.165, 1.54) is 11.1 Å². The second-order valence-electron chi connectivity index (χ2n) is 5.56. The standard InChI is InChI=1S/C19H21NO2/c1-2-22-18-10-6-5-7-15(18)11-12-19(21)20-13-16-8-3-4-9-17(16)14-20/h3-10H,2,11-14H2,1H3. The summed E-state index contributed by atoms with van der Waals surface area (Å²) in [6.45, 7) is 4.10. The van der Waals surface area contributed by atoms with E-state index < -0.39 is 0 Å². The van der Waals surface area contributed by atoms with Crippen LogP contribution in [0.1, 0.15) is 30.0 Å². The molecule has 0 atom stereocenters. The highest BCUT2D eigenvalue weighted by atomic mass is 16.5. The Kier molecular flexibility index (Phi) is 4.42. The number of benzene rings is 2. The Hall–Kier alpha value is -2.29. The second kappa shape index (κ2) is 6.65. The van der Waals surface area contributed by atoms with E-state index in [0.29, 0.717) is 13.0 Å². The van der Waals surface area contributed by atoms with E-state index in [4.69, 9.17) is 4.74 Å². The minimum absolute atomic E-state index is 0.211. The van der Waals surface area contributed by atoms with E-state index in [0.717, 1.165) is 30.8 Å². The molecular weight excluding hydrogens is 274 g/mol. The zero-order valence-electron chi connectivity index (χ0n) is 12.9. The summed E-state index contributed by atoms with van der Waals surface area (Å²) in [5, 5.41) is 0. The molecule has 0 radical (unpaired) electrons. The molecule has 1 amide bonds. The Bertz CT molecular complexity index is 641. The maximum absolute atomic E-state index is 12.4. The lowest BCUT2D eigenvalue weighted by Gasteiger charge is -2.16. The number of carbonyl (C=O) groups is 1. The quantitative estimate of drug-likeness (QED) is 0.844. The number of ether oxygens (including phenoxy) is 1. The van der Waals surface area contributed by atoms with E-state index in [9.17, 15) is 4.79 Å². The Labute approximate surface area is 131 Å². The van der Waals surface area contributed by atoms with Crippen molar-refractivity contribution in [3.05, 3.63) is 65.2 Å². The fourth-order valence-electron chi connectivity index (χ4n) is 2.92. The molecule has 0 saturated carbocycles. The van der Waals surface area contributed by atoms with Gasteiger partial charge in [0.05, 0.1) is 6.61 Å². The van der Waals surface area contributed by atoms with Crippen molar-refractivity contribution in [1.82, 2.24) is 4.90 Å². The van der Waals surface area contributed by atoms with Crippen LogP contribution in [0.5, 0.6) is 5.75 Å². The average molecular weight is 295 g/mol. The van der Waals surface area contributed by atoms with Gasteiger partial charge in [0.15, 0.2) is 0 Å². The second-order valence-corrected chi connectivity index (χ2v) is 5.56. The van der Waals surface area contributed by atoms with Gasteiger partial charge in [-0.05, 0) is 36.1 Å². The zero-order valence-corrected chi connectivity index (χ0v) is 12.9. The van der Waals surface area contributed by atoms with Crippen LogP contribution in [0, 0.1) is 0 Å². The van der Waals surface area contributed by atoms with Crippen LogP contribution in [0.4, 0.5) is 0 Å². The summed E-state index contributed by atoms with van der Waals surface area (Å²) < 4.78 is 5.62. The number of hydrogen-bond acceptors (Lipinski definition) is 2. The molecule has 2 aromatic rings. The van der Waals surface area contributed by atoms with Gasteiger partial charge in [0.1, 0.15) is 5.75 Å². The van der Waals surface area contributed by atoms with Gasteiger partial charge in [-0.3, -0.25) is 4.79 Å². The van der Waals surface area contributed by atoms with Crippen molar-refractivity contribution in [3.63, 3.8) is 0 Å². The Balaban J connectivity index is 1.60. The molecule has 0 unspecified atom stereocenters. The van der Waals surface area contributed by atoms with Gasteiger partial charge in [-0.2, -0.15) is 0 Å². The first kappa shape index (κ1) is 14.6. The number of para-hydroxylation sites is 1. The molecule has 22 heavy (non-hydrogen) atoms. The lowest BCUT2D eigenvalue weighted by Crippen LogP contribution is -2.25. The Morgan fingerprint density at radius 3 is 2.36 bits per heavy atom. The third-order valence-corrected chi connectivity index (χ3v) is 4.07. The van der Waals surface area contributed by atoms with Gasteiger partial charge < -0.3 is 9.64 Å². The molecule has 2 aromatic carbocycles. The molecule has 0 spiro atoms. The molecule has 0 fully saturated rings. The number of aryl methyl sites for hydroxylation is 1. The van der Waals surface area contributed by atoms with Crippen LogP contribution in [-0.4, -0.2) is 17.4 Å². The molecule has 0 saturated heterocycles. The first-order valence-electron chi connectivity index (χ1n) is 7.83. The van der Waals surface area contributed by atoms with Gasteiger partial charge in [-0.1, -0.05) is 42.5 Å². The lowest BCUT2D eigenvalue weighted by molar-refractivity contribution is -0.131. The molecule has 0 N–H and O–H groups in total. The minimum Gasteiger partial charge on any atom is -0.494 e. The SMILES string of the molecule is CCOc1ccccc1CCC(=O)N1Cc2ccccc2C1. The number of carbonyl (C=O) groups excluding carboxylic acids is 1. The van der Waals surface area contributed by atoms with Crippen molar-refractivity contribution >= 4 is 5.91 Å². The number of hydrogen-bond donors (Lipinski definition) is 0. The first-order valence-corrected chi connectivity index (χ1v) is 7.83. The van der Waals surface area contributed by atoms with Crippen molar-refractivity contribution < 1.29 is 9.53 Å². The van der Waals surface area contributed by atoms with E-state index >= 15 is 0 Å². The summed E-state index contributed by atoms with van der Waals surface area (Å²) >= 11 is 0. The van der Waals surface area contributed by atoms with E-state index in [2.05, 4.69) is 12.1 Å². The van der Waals surface area contributed by atoms with E-state index in [1.54, 1.807) is 0 Å². The van der Waals surface area contributed by atoms with Crippen molar-refractivity contribution in [2.45, 2.75) is 32.9 Å². The van der Waals surface area contributed by atoms with E-state index in [-0.39, 0.29) is 5.91 Å². The molecule has 114 valence electrons. The fourth-order valence-corrected chi connectivity index (χ4v) is 2.92. The minimum atomic E-state index is 0.211. The largest absolute Gasteiger partial charge is 0.494 e. The Morgan fingerprint density at radius 2 is 1.68 bits per heavy atom. The molecule has 1 aliphatic heterocycles. The molecule has 3 rings (SSSR count). The Morgan fingerprint density at radius 1 is 1.05 bits per heavy atom. The van der Waals surface area contributed by atoms with E-state index in [1.807, 2.05) is 48.2 Å². The lowest BCUT2D eigenvalue weighted by atomic mass is 10.1. The third-order valence-electron chi connectivity index (χ3n) is 4.07.